The quantitative estimate of drug-likeness (QED) is 0.461. The van der Waals surface area contributed by atoms with E-state index in [4.69, 9.17) is 4.74 Å². The second-order valence-electron chi connectivity index (χ2n) is 9.83. The number of hydrogen-bond acceptors (Lipinski definition) is 4. The standard InChI is InChI=1S/C27H33F2N3O2/c1-19-24(17-32(30-19)23-9-5-4-6-10-23)20-11-12-21(25(14-20)34-26(28)29)15-31-13-7-8-22(16-31)27(2,3)18-33/h4-6,9-12,14,17,22,26,33H,7-8,13,15-16,18H2,1-3H3/t22-/m0/s1. The van der Waals surface area contributed by atoms with E-state index in [9.17, 15) is 13.9 Å². The van der Waals surface area contributed by atoms with Gasteiger partial charge in [0.05, 0.1) is 11.4 Å². The smallest absolute Gasteiger partial charge is 0.387 e. The van der Waals surface area contributed by atoms with E-state index in [1.54, 1.807) is 10.7 Å². The van der Waals surface area contributed by atoms with Gasteiger partial charge >= 0.3 is 6.61 Å². The largest absolute Gasteiger partial charge is 0.434 e. The molecule has 4 rings (SSSR count). The number of rotatable bonds is 8. The van der Waals surface area contributed by atoms with Crippen LogP contribution in [0.1, 0.15) is 37.9 Å². The molecule has 1 aliphatic heterocycles. The Balaban J connectivity index is 1.59. The lowest BCUT2D eigenvalue weighted by molar-refractivity contribution is -0.0509. The van der Waals surface area contributed by atoms with Gasteiger partial charge in [0.1, 0.15) is 5.75 Å². The number of aliphatic hydroxyl groups excluding tert-OH is 1. The summed E-state index contributed by atoms with van der Waals surface area (Å²) in [5, 5.41) is 14.4. The van der Waals surface area contributed by atoms with E-state index in [2.05, 4.69) is 23.8 Å². The molecule has 0 amide bonds. The Morgan fingerprint density at radius 2 is 1.94 bits per heavy atom. The average molecular weight is 470 g/mol. The van der Waals surface area contributed by atoms with Gasteiger partial charge in [-0.1, -0.05) is 44.2 Å². The fraction of sp³-hybridized carbons (Fsp3) is 0.444. The van der Waals surface area contributed by atoms with Crippen molar-refractivity contribution in [2.75, 3.05) is 19.7 Å². The number of piperidine rings is 1. The number of ether oxygens (including phenoxy) is 1. The number of likely N-dealkylation sites (tertiary alicyclic amines) is 1. The van der Waals surface area contributed by atoms with Crippen LogP contribution in [0.5, 0.6) is 5.75 Å². The van der Waals surface area contributed by atoms with Crippen molar-refractivity contribution < 1.29 is 18.6 Å². The first-order valence-corrected chi connectivity index (χ1v) is 11.8. The minimum Gasteiger partial charge on any atom is -0.434 e. The van der Waals surface area contributed by atoms with Crippen molar-refractivity contribution in [3.05, 3.63) is 66.0 Å². The molecule has 0 bridgehead atoms. The zero-order valence-corrected chi connectivity index (χ0v) is 20.0. The highest BCUT2D eigenvalue weighted by Gasteiger charge is 2.33. The molecule has 0 unspecified atom stereocenters. The number of aromatic nitrogens is 2. The fourth-order valence-electron chi connectivity index (χ4n) is 4.72. The van der Waals surface area contributed by atoms with Gasteiger partial charge in [0.15, 0.2) is 0 Å². The lowest BCUT2D eigenvalue weighted by Gasteiger charge is -2.40. The van der Waals surface area contributed by atoms with Gasteiger partial charge < -0.3 is 9.84 Å². The molecule has 1 aromatic heterocycles. The molecule has 1 aliphatic rings. The maximum absolute atomic E-state index is 13.3. The number of benzene rings is 2. The Labute approximate surface area is 200 Å². The molecule has 2 heterocycles. The molecular weight excluding hydrogens is 436 g/mol. The molecular formula is C27H33F2N3O2. The Hall–Kier alpha value is -2.77. The van der Waals surface area contributed by atoms with Crippen LogP contribution in [0.25, 0.3) is 16.8 Å². The molecule has 7 heteroatoms. The minimum atomic E-state index is -2.90. The van der Waals surface area contributed by atoms with E-state index in [1.807, 2.05) is 55.6 Å². The Morgan fingerprint density at radius 3 is 2.65 bits per heavy atom. The summed E-state index contributed by atoms with van der Waals surface area (Å²) in [6.45, 7) is 5.57. The Kier molecular flexibility index (Phi) is 7.33. The molecule has 1 fully saturated rings. The van der Waals surface area contributed by atoms with Crippen LogP contribution in [0.2, 0.25) is 0 Å². The van der Waals surface area contributed by atoms with E-state index in [-0.39, 0.29) is 17.8 Å². The molecule has 0 radical (unpaired) electrons. The van der Waals surface area contributed by atoms with Crippen molar-refractivity contribution in [1.29, 1.82) is 0 Å². The third kappa shape index (κ3) is 5.47. The summed E-state index contributed by atoms with van der Waals surface area (Å²) in [6.07, 6.45) is 4.00. The van der Waals surface area contributed by atoms with Gasteiger partial charge in [0, 0.05) is 37.0 Å². The number of nitrogens with zero attached hydrogens (tertiary/aromatic N) is 3. The molecule has 182 valence electrons. The minimum absolute atomic E-state index is 0.135. The van der Waals surface area contributed by atoms with Gasteiger partial charge in [-0.15, -0.1) is 0 Å². The van der Waals surface area contributed by atoms with Gasteiger partial charge in [0.25, 0.3) is 0 Å². The Bertz CT molecular complexity index is 1100. The van der Waals surface area contributed by atoms with Crippen LogP contribution in [0.3, 0.4) is 0 Å². The van der Waals surface area contributed by atoms with Crippen molar-refractivity contribution in [2.24, 2.45) is 11.3 Å². The first-order valence-electron chi connectivity index (χ1n) is 11.8. The van der Waals surface area contributed by atoms with E-state index < -0.39 is 6.61 Å². The second kappa shape index (κ2) is 10.2. The normalized spacial score (nSPS) is 17.3. The highest BCUT2D eigenvalue weighted by molar-refractivity contribution is 5.68. The highest BCUT2D eigenvalue weighted by atomic mass is 19.3. The van der Waals surface area contributed by atoms with Crippen LogP contribution in [0.15, 0.2) is 54.7 Å². The zero-order valence-electron chi connectivity index (χ0n) is 20.0. The molecule has 0 spiro atoms. The lowest BCUT2D eigenvalue weighted by Crippen LogP contribution is -2.42. The molecule has 3 aromatic rings. The summed E-state index contributed by atoms with van der Waals surface area (Å²) >= 11 is 0. The van der Waals surface area contributed by atoms with Crippen molar-refractivity contribution in [3.63, 3.8) is 0 Å². The van der Waals surface area contributed by atoms with Crippen LogP contribution < -0.4 is 4.74 Å². The van der Waals surface area contributed by atoms with E-state index >= 15 is 0 Å². The van der Waals surface area contributed by atoms with Crippen LogP contribution in [0.4, 0.5) is 8.78 Å². The lowest BCUT2D eigenvalue weighted by atomic mass is 9.75. The number of aryl methyl sites for hydroxylation is 1. The van der Waals surface area contributed by atoms with Crippen LogP contribution in [0, 0.1) is 18.3 Å². The summed E-state index contributed by atoms with van der Waals surface area (Å²) in [5.41, 5.74) is 3.97. The predicted octanol–water partition coefficient (Wildman–Crippen LogP) is 5.68. The fourth-order valence-corrected chi connectivity index (χ4v) is 4.72. The van der Waals surface area contributed by atoms with Gasteiger partial charge in [0.2, 0.25) is 0 Å². The molecule has 0 aliphatic carbocycles. The molecule has 0 saturated carbocycles. The maximum Gasteiger partial charge on any atom is 0.387 e. The summed E-state index contributed by atoms with van der Waals surface area (Å²) < 4.78 is 33.4. The number of hydrogen-bond donors (Lipinski definition) is 1. The van der Waals surface area contributed by atoms with Crippen LogP contribution >= 0.6 is 0 Å². The third-order valence-corrected chi connectivity index (χ3v) is 6.93. The number of aliphatic hydroxyl groups is 1. The zero-order chi connectivity index (χ0) is 24.3. The summed E-state index contributed by atoms with van der Waals surface area (Å²) in [6, 6.07) is 15.3. The van der Waals surface area contributed by atoms with Crippen molar-refractivity contribution >= 4 is 0 Å². The average Bonchev–Trinajstić information content (AvgIpc) is 3.22. The number of halogens is 2. The van der Waals surface area contributed by atoms with Gasteiger partial charge in [-0.2, -0.15) is 13.9 Å². The first kappa shape index (κ1) is 24.4. The molecule has 1 N–H and O–H groups in total. The molecule has 5 nitrogen and oxygen atoms in total. The van der Waals surface area contributed by atoms with Crippen molar-refractivity contribution in [1.82, 2.24) is 14.7 Å². The number of para-hydroxylation sites is 1. The predicted molar refractivity (Wildman–Crippen MR) is 129 cm³/mol. The van der Waals surface area contributed by atoms with Crippen molar-refractivity contribution in [2.45, 2.75) is 46.8 Å². The molecule has 1 saturated heterocycles. The van der Waals surface area contributed by atoms with E-state index in [1.165, 1.54) is 0 Å². The van der Waals surface area contributed by atoms with Gasteiger partial charge in [-0.25, -0.2) is 4.68 Å². The summed E-state index contributed by atoms with van der Waals surface area (Å²) in [7, 11) is 0. The van der Waals surface area contributed by atoms with Crippen molar-refractivity contribution in [3.8, 4) is 22.6 Å². The number of alkyl halides is 2. The molecule has 1 atom stereocenters. The first-order chi connectivity index (χ1) is 16.3. The highest BCUT2D eigenvalue weighted by Crippen LogP contribution is 2.36. The topological polar surface area (TPSA) is 50.5 Å². The van der Waals surface area contributed by atoms with Gasteiger partial charge in [-0.05, 0) is 61.4 Å². The van der Waals surface area contributed by atoms with E-state index in [0.29, 0.717) is 12.5 Å². The molecule has 2 aromatic carbocycles. The maximum atomic E-state index is 13.3. The van der Waals surface area contributed by atoms with Gasteiger partial charge in [-0.3, -0.25) is 4.90 Å². The monoisotopic (exact) mass is 469 g/mol. The van der Waals surface area contributed by atoms with Crippen LogP contribution in [-0.4, -0.2) is 46.1 Å². The summed E-state index contributed by atoms with van der Waals surface area (Å²) in [4.78, 5) is 2.28. The van der Waals surface area contributed by atoms with E-state index in [0.717, 1.165) is 54.0 Å². The Morgan fingerprint density at radius 1 is 1.18 bits per heavy atom. The SMILES string of the molecule is Cc1nn(-c2ccccc2)cc1-c1ccc(CN2CCC[C@H](C(C)(C)CO)C2)c(OC(F)F)c1. The van der Waals surface area contributed by atoms with Crippen LogP contribution in [-0.2, 0) is 6.54 Å². The second-order valence-corrected chi connectivity index (χ2v) is 9.83. The molecule has 34 heavy (non-hydrogen) atoms. The third-order valence-electron chi connectivity index (χ3n) is 6.93. The summed E-state index contributed by atoms with van der Waals surface area (Å²) in [5.74, 6) is 0.555.